The Morgan fingerprint density at radius 2 is 0.736 bits per heavy atom. The summed E-state index contributed by atoms with van der Waals surface area (Å²) in [4.78, 5) is 83.5. The van der Waals surface area contributed by atoms with Gasteiger partial charge in [0.2, 0.25) is 0 Å². The van der Waals surface area contributed by atoms with Gasteiger partial charge in [0, 0.05) is 53.4 Å². The zero-order chi connectivity index (χ0) is 103. The third-order valence-corrected chi connectivity index (χ3v) is 20.4. The smallest absolute Gasteiger partial charge is 0.414 e. The van der Waals surface area contributed by atoms with E-state index in [0.717, 1.165) is 70.5 Å². The van der Waals surface area contributed by atoms with Crippen LogP contribution in [0.2, 0.25) is 0 Å². The van der Waals surface area contributed by atoms with E-state index in [1.165, 1.54) is 69.3 Å². The lowest BCUT2D eigenvalue weighted by molar-refractivity contribution is -0.385. The third kappa shape index (κ3) is 36.9. The monoisotopic (exact) mass is 1980 g/mol. The van der Waals surface area contributed by atoms with E-state index in [0.29, 0.717) is 61.1 Å². The summed E-state index contributed by atoms with van der Waals surface area (Å²) in [5, 5.41) is 43.9. The number of ether oxygens (including phenoxy) is 11. The van der Waals surface area contributed by atoms with Crippen LogP contribution in [0.3, 0.4) is 0 Å². The van der Waals surface area contributed by atoms with Crippen LogP contribution in [-0.4, -0.2) is 121 Å². The Morgan fingerprint density at radius 1 is 0.410 bits per heavy atom. The number of hydrogen-bond donors (Lipinski definition) is 3. The molecule has 31 nitrogen and oxygen atoms in total. The minimum Gasteiger partial charge on any atom is -0.486 e. The number of epoxide rings is 1. The first-order valence-electron chi connectivity index (χ1n) is 44.8. The summed E-state index contributed by atoms with van der Waals surface area (Å²) in [5.41, 5.74) is 15.6. The number of nitrogens with zero attached hydrogens (tertiary/aromatic N) is 8. The predicted molar refractivity (Wildman–Crippen MR) is 518 cm³/mol. The van der Waals surface area contributed by atoms with Crippen molar-refractivity contribution < 1.29 is 127 Å². The van der Waals surface area contributed by atoms with Gasteiger partial charge >= 0.3 is 30.3 Å². The lowest BCUT2D eigenvalue weighted by Gasteiger charge is -2.14. The highest BCUT2D eigenvalue weighted by atomic mass is 19.2. The van der Waals surface area contributed by atoms with Gasteiger partial charge in [-0.05, 0) is 118 Å². The van der Waals surface area contributed by atoms with Crippen LogP contribution in [0.15, 0.2) is 327 Å². The molecule has 4 heterocycles. The molecule has 38 heteroatoms. The minimum absolute atomic E-state index is 0.00412. The maximum absolute atomic E-state index is 14.3. The summed E-state index contributed by atoms with van der Waals surface area (Å²) < 4.78 is 152. The Labute approximate surface area is 822 Å². The number of amides is 4. The molecule has 0 aromatic heterocycles. The molecule has 17 rings (SSSR count). The standard InChI is InChI=1S/C21H18FNO3.C18H18FNO3.C17H15FN4O3.C17H16FNO4.C13H10FNO3.C7H12O3.C7H8O.C6H3F2NO2/c22-19-13-18(23-21(24)26-15-17-9-5-2-6-10-17)11-12-20(19)25-14-16-7-3-1-4-8-16;1-2-15-11-20(18(21)23-15)14-8-9-17(16(19)10-14)22-12-13-6-4-3-5-7-13;18-15-8-13(22-10-14(9-20-21-19)25-17(22)23)6-7-16(15)24-11-12-4-2-1-3-5-12;18-15-8-13(19-9-14(10-20)23-17(19)21)6-7-16(15)22-11-12-4-2-1-3-5-12;14-12-8-11(15(16)17)6-7-13(12)18-9-10-4-2-1-3-5-10;1-2-3-7(8)10-5-6-4-9-6;8-6-7-4-2-1-3-5-7;7-5-2-1-4(9(10)11)3-6(5)8/h1-13H,14-15H2,(H,23,24);3-10,15H,2,11-12H2,1H3;1-8,14H,9-11H2;1-8,14,20H,9-11H2;1-8H,9H2;6H,2-5H2,1H3;1-5,8H,6H2;1-3H/t;15-;2*14-;;;;/m.001..../s1. The lowest BCUT2D eigenvalue weighted by Crippen LogP contribution is -2.25. The zero-order valence-corrected chi connectivity index (χ0v) is 77.7. The van der Waals surface area contributed by atoms with Gasteiger partial charge in [-0.1, -0.05) is 231 Å². The zero-order valence-electron chi connectivity index (χ0n) is 77.7. The molecule has 4 saturated heterocycles. The van der Waals surface area contributed by atoms with E-state index >= 15 is 0 Å². The van der Waals surface area contributed by atoms with Crippen molar-refractivity contribution in [2.24, 2.45) is 5.11 Å². The molecular formula is C106H100F7N9O22. The second kappa shape index (κ2) is 58.1. The SMILES string of the molecule is CCCC(=O)OCC1CO1.CC[C@H]1CN(c2ccc(OCc3ccccc3)c(F)c2)C(=O)O1.O=C(Nc1ccc(OCc2ccccc2)c(F)c1)OCc1ccccc1.O=C1O[C@@H](CO)CN1c1ccc(OCc2ccccc2)c(F)c1.O=[N+]([O-])c1ccc(F)c(F)c1.O=[N+]([O-])c1ccc(OCc2ccccc2)c(F)c1.OCc1ccccc1.[N-]=[N+]=NC[C@H]1CN(c2ccc(OCc3ccccc3)c(F)c2)C(=O)O1. The Hall–Kier alpha value is -17.1. The van der Waals surface area contributed by atoms with E-state index in [9.17, 15) is 74.9 Å². The van der Waals surface area contributed by atoms with E-state index in [4.69, 9.17) is 67.8 Å². The first-order valence-corrected chi connectivity index (χ1v) is 44.8. The number of carbonyl (C=O) groups excluding carboxylic acids is 5. The number of nitrogens with one attached hydrogen (secondary N) is 1. The molecule has 4 fully saturated rings. The molecule has 750 valence electrons. The number of halogens is 7. The summed E-state index contributed by atoms with van der Waals surface area (Å²) in [7, 11) is 0. The number of nitro benzene ring substituents is 2. The topological polar surface area (TPSA) is 387 Å². The number of aliphatic hydroxyl groups is 2. The molecular weight excluding hydrogens is 1880 g/mol. The van der Waals surface area contributed by atoms with Gasteiger partial charge in [-0.25, -0.2) is 49.9 Å². The number of carbonyl (C=O) groups is 5. The summed E-state index contributed by atoms with van der Waals surface area (Å²) in [6.07, 6.45) is -1.24. The summed E-state index contributed by atoms with van der Waals surface area (Å²) >= 11 is 0. The van der Waals surface area contributed by atoms with Crippen molar-refractivity contribution >= 4 is 64.5 Å². The average molecular weight is 1980 g/mol. The largest absolute Gasteiger partial charge is 0.486 e. The van der Waals surface area contributed by atoms with Crippen molar-refractivity contribution in [1.82, 2.24) is 0 Å². The molecule has 4 amide bonds. The third-order valence-electron chi connectivity index (χ3n) is 20.4. The van der Waals surface area contributed by atoms with Gasteiger partial charge in [0.15, 0.2) is 69.5 Å². The summed E-state index contributed by atoms with van der Waals surface area (Å²) in [6.45, 7) is 7.28. The molecule has 1 unspecified atom stereocenters. The lowest BCUT2D eigenvalue weighted by atomic mass is 10.2. The Morgan fingerprint density at radius 3 is 1.05 bits per heavy atom. The van der Waals surface area contributed by atoms with Crippen LogP contribution in [0.1, 0.15) is 72.1 Å². The van der Waals surface area contributed by atoms with E-state index in [2.05, 4.69) is 15.3 Å². The van der Waals surface area contributed by atoms with E-state index in [1.54, 1.807) is 30.3 Å². The Bertz CT molecular complexity index is 6210. The van der Waals surface area contributed by atoms with Crippen LogP contribution in [0.25, 0.3) is 10.4 Å². The molecule has 4 aliphatic rings. The average Bonchev–Trinajstić information content (AvgIpc) is 1.66. The molecule has 4 aliphatic heterocycles. The molecule has 0 aliphatic carbocycles. The molecule has 0 saturated carbocycles. The number of anilines is 4. The predicted octanol–water partition coefficient (Wildman–Crippen LogP) is 23.1. The first kappa shape index (κ1) is 109. The maximum atomic E-state index is 14.3. The van der Waals surface area contributed by atoms with Gasteiger partial charge in [0.25, 0.3) is 11.4 Å². The van der Waals surface area contributed by atoms with E-state index in [-0.39, 0.29) is 118 Å². The van der Waals surface area contributed by atoms with Crippen LogP contribution < -0.4 is 43.7 Å². The van der Waals surface area contributed by atoms with Crippen molar-refractivity contribution in [2.75, 3.05) is 66.0 Å². The first-order chi connectivity index (χ1) is 69.7. The fourth-order valence-electron chi connectivity index (χ4n) is 12.8. The van der Waals surface area contributed by atoms with Gasteiger partial charge in [-0.3, -0.25) is 45.0 Å². The highest BCUT2D eigenvalue weighted by molar-refractivity contribution is 5.91. The van der Waals surface area contributed by atoms with Crippen molar-refractivity contribution in [1.29, 1.82) is 0 Å². The van der Waals surface area contributed by atoms with Crippen molar-refractivity contribution in [2.45, 2.75) is 104 Å². The summed E-state index contributed by atoms with van der Waals surface area (Å²) in [5.74, 6) is -4.81. The molecule has 144 heavy (non-hydrogen) atoms. The molecule has 0 bridgehead atoms. The molecule has 0 radical (unpaired) electrons. The highest BCUT2D eigenvalue weighted by Gasteiger charge is 2.35. The molecule has 13 aromatic rings. The number of nitro groups is 2. The van der Waals surface area contributed by atoms with Gasteiger partial charge in [0.1, 0.15) is 70.7 Å². The fourth-order valence-corrected chi connectivity index (χ4v) is 12.8. The van der Waals surface area contributed by atoms with E-state index < -0.39 is 92.8 Å². The number of cyclic esters (lactones) is 3. The molecule has 4 atom stereocenters. The van der Waals surface area contributed by atoms with Crippen molar-refractivity contribution in [3.05, 3.63) is 432 Å². The van der Waals surface area contributed by atoms with Gasteiger partial charge in [-0.2, -0.15) is 0 Å². The normalized spacial score (nSPS) is 14.2. The minimum atomic E-state index is -1.21. The van der Waals surface area contributed by atoms with E-state index in [1.807, 2.05) is 226 Å². The maximum Gasteiger partial charge on any atom is 0.414 e. The van der Waals surface area contributed by atoms with Crippen LogP contribution >= 0.6 is 0 Å². The van der Waals surface area contributed by atoms with Crippen LogP contribution in [0, 0.1) is 60.9 Å². The van der Waals surface area contributed by atoms with Gasteiger partial charge < -0.3 is 62.3 Å². The van der Waals surface area contributed by atoms with Crippen LogP contribution in [0.5, 0.6) is 28.7 Å². The van der Waals surface area contributed by atoms with Crippen LogP contribution in [0.4, 0.5) is 84.0 Å². The van der Waals surface area contributed by atoms with Crippen molar-refractivity contribution in [3.8, 4) is 28.7 Å². The number of esters is 1. The number of azide groups is 1. The fraction of sp³-hybridized carbons (Fsp3) is 0.217. The number of benzene rings is 13. The quantitative estimate of drug-likeness (QED) is 0.00406. The second-order valence-electron chi connectivity index (χ2n) is 31.2. The number of hydrogen-bond acceptors (Lipinski definition) is 23. The second-order valence-corrected chi connectivity index (χ2v) is 31.2. The molecule has 0 spiro atoms. The summed E-state index contributed by atoms with van der Waals surface area (Å²) in [6, 6.07) is 88.8. The van der Waals surface area contributed by atoms with Crippen molar-refractivity contribution in [3.63, 3.8) is 0 Å². The number of rotatable bonds is 32. The van der Waals surface area contributed by atoms with Crippen LogP contribution in [-0.2, 0) is 79.5 Å². The number of aliphatic hydroxyl groups excluding tert-OH is 2. The Balaban J connectivity index is 0.000000173. The molecule has 13 aromatic carbocycles. The molecule has 3 N–H and O–H groups in total. The van der Waals surface area contributed by atoms with Gasteiger partial charge in [0.05, 0.1) is 85.0 Å². The highest BCUT2D eigenvalue weighted by Crippen LogP contribution is 2.34. The van der Waals surface area contributed by atoms with Gasteiger partial charge in [-0.15, -0.1) is 0 Å². The Kier molecular flexibility index (Phi) is 43.9. The number of non-ortho nitro benzene ring substituents is 2.